The molecule has 1 aliphatic carbocycles. The first-order valence-corrected chi connectivity index (χ1v) is 10.1. The fourth-order valence-electron chi connectivity index (χ4n) is 3.98. The summed E-state index contributed by atoms with van der Waals surface area (Å²) in [5, 5.41) is 0.421. The Morgan fingerprint density at radius 2 is 1.93 bits per heavy atom. The van der Waals surface area contributed by atoms with Crippen molar-refractivity contribution in [2.24, 2.45) is 5.41 Å². The van der Waals surface area contributed by atoms with Crippen LogP contribution in [0.5, 0.6) is 0 Å². The maximum Gasteiger partial charge on any atom is 0.413 e. The molecule has 0 spiro atoms. The monoisotopic (exact) mass is 423 g/mol. The lowest BCUT2D eigenvalue weighted by Gasteiger charge is -2.43. The van der Waals surface area contributed by atoms with Gasteiger partial charge in [0, 0.05) is 29.5 Å². The van der Waals surface area contributed by atoms with E-state index in [-0.39, 0.29) is 17.6 Å². The topological polar surface area (TPSA) is 82.1 Å². The van der Waals surface area contributed by atoms with Crippen LogP contribution in [0, 0.1) is 5.41 Å². The standard InChI is InChI=1S/C21H26ClNO6/c1-20(12-27-13-20)11-18(25)28-14-29-19(26)23(2)21(10-6-5-9-17(21)24)15-7-3-4-8-16(15)22/h3-4,7-8H,5-6,9-14H2,1-2H3/t21-/m1/s1. The number of nitrogens with zero attached hydrogens (tertiary/aromatic N) is 1. The molecule has 1 aliphatic heterocycles. The summed E-state index contributed by atoms with van der Waals surface area (Å²) >= 11 is 6.38. The molecular formula is C21H26ClNO6. The van der Waals surface area contributed by atoms with Gasteiger partial charge in [0.1, 0.15) is 5.54 Å². The van der Waals surface area contributed by atoms with E-state index in [1.807, 2.05) is 6.92 Å². The van der Waals surface area contributed by atoms with Crippen LogP contribution in [0.25, 0.3) is 0 Å². The quantitative estimate of drug-likeness (QED) is 0.512. The molecule has 0 unspecified atom stereocenters. The maximum atomic E-state index is 13.0. The van der Waals surface area contributed by atoms with Crippen LogP contribution in [0.2, 0.25) is 5.02 Å². The van der Waals surface area contributed by atoms with Crippen molar-refractivity contribution in [2.45, 2.75) is 44.6 Å². The zero-order chi connectivity index (χ0) is 21.1. The zero-order valence-corrected chi connectivity index (χ0v) is 17.5. The van der Waals surface area contributed by atoms with E-state index in [9.17, 15) is 14.4 Å². The molecule has 0 radical (unpaired) electrons. The van der Waals surface area contributed by atoms with Crippen molar-refractivity contribution >= 4 is 29.4 Å². The minimum Gasteiger partial charge on any atom is -0.428 e. The fourth-order valence-corrected chi connectivity index (χ4v) is 4.27. The molecule has 1 heterocycles. The number of carbonyl (C=O) groups is 3. The lowest BCUT2D eigenvalue weighted by molar-refractivity contribution is -0.167. The van der Waals surface area contributed by atoms with Crippen LogP contribution >= 0.6 is 11.6 Å². The highest BCUT2D eigenvalue weighted by Gasteiger charge is 2.48. The first kappa shape index (κ1) is 21.6. The summed E-state index contributed by atoms with van der Waals surface area (Å²) in [7, 11) is 1.52. The van der Waals surface area contributed by atoms with Crippen molar-refractivity contribution in [3.8, 4) is 0 Å². The molecule has 1 atom stereocenters. The van der Waals surface area contributed by atoms with E-state index in [0.29, 0.717) is 36.6 Å². The number of ether oxygens (including phenoxy) is 3. The Labute approximate surface area is 175 Å². The summed E-state index contributed by atoms with van der Waals surface area (Å²) in [6.45, 7) is 2.44. The van der Waals surface area contributed by atoms with Gasteiger partial charge in [-0.3, -0.25) is 14.5 Å². The van der Waals surface area contributed by atoms with E-state index in [4.69, 9.17) is 25.8 Å². The van der Waals surface area contributed by atoms with Gasteiger partial charge in [0.2, 0.25) is 6.79 Å². The summed E-state index contributed by atoms with van der Waals surface area (Å²) in [6.07, 6.45) is 1.82. The summed E-state index contributed by atoms with van der Waals surface area (Å²) in [6, 6.07) is 7.03. The first-order chi connectivity index (χ1) is 13.8. The molecule has 3 rings (SSSR count). The Morgan fingerprint density at radius 1 is 1.21 bits per heavy atom. The molecule has 8 heteroatoms. The molecule has 1 amide bonds. The third kappa shape index (κ3) is 4.41. The van der Waals surface area contributed by atoms with Gasteiger partial charge in [-0.2, -0.15) is 0 Å². The molecule has 1 saturated heterocycles. The molecule has 1 aromatic carbocycles. The number of halogens is 1. The van der Waals surface area contributed by atoms with Crippen LogP contribution in [0.1, 0.15) is 44.6 Å². The highest BCUT2D eigenvalue weighted by atomic mass is 35.5. The highest BCUT2D eigenvalue weighted by molar-refractivity contribution is 6.31. The van der Waals surface area contributed by atoms with Gasteiger partial charge >= 0.3 is 12.1 Å². The molecule has 0 aromatic heterocycles. The molecule has 2 aliphatic rings. The van der Waals surface area contributed by atoms with E-state index < -0.39 is 24.4 Å². The number of rotatable bonds is 6. The number of esters is 1. The van der Waals surface area contributed by atoms with Crippen molar-refractivity contribution in [3.63, 3.8) is 0 Å². The molecule has 158 valence electrons. The van der Waals surface area contributed by atoms with E-state index in [2.05, 4.69) is 0 Å². The van der Waals surface area contributed by atoms with Gasteiger partial charge in [-0.05, 0) is 25.3 Å². The molecule has 2 fully saturated rings. The summed E-state index contributed by atoms with van der Waals surface area (Å²) in [4.78, 5) is 38.9. The van der Waals surface area contributed by atoms with Crippen LogP contribution in [-0.2, 0) is 29.3 Å². The minimum absolute atomic E-state index is 0.0776. The number of ketones is 1. The number of carbonyl (C=O) groups excluding carboxylic acids is 3. The highest BCUT2D eigenvalue weighted by Crippen LogP contribution is 2.42. The lowest BCUT2D eigenvalue weighted by Crippen LogP contribution is -2.54. The number of benzene rings is 1. The predicted molar refractivity (Wildman–Crippen MR) is 105 cm³/mol. The van der Waals surface area contributed by atoms with Crippen LogP contribution in [0.15, 0.2) is 24.3 Å². The van der Waals surface area contributed by atoms with Crippen molar-refractivity contribution < 1.29 is 28.6 Å². The number of Topliss-reactive ketones (excluding diaryl/α,β-unsaturated/α-hetero) is 1. The molecule has 0 N–H and O–H groups in total. The third-order valence-electron chi connectivity index (χ3n) is 5.69. The van der Waals surface area contributed by atoms with Crippen LogP contribution in [0.4, 0.5) is 4.79 Å². The number of amides is 1. The van der Waals surface area contributed by atoms with Crippen LogP contribution in [-0.4, -0.2) is 49.8 Å². The summed E-state index contributed by atoms with van der Waals surface area (Å²) in [5.41, 5.74) is -0.824. The fraction of sp³-hybridized carbons (Fsp3) is 0.571. The van der Waals surface area contributed by atoms with Gasteiger partial charge in [-0.15, -0.1) is 0 Å². The van der Waals surface area contributed by atoms with E-state index in [1.165, 1.54) is 11.9 Å². The van der Waals surface area contributed by atoms with Crippen molar-refractivity contribution in [1.82, 2.24) is 4.90 Å². The van der Waals surface area contributed by atoms with Crippen molar-refractivity contribution in [1.29, 1.82) is 0 Å². The summed E-state index contributed by atoms with van der Waals surface area (Å²) < 4.78 is 15.3. The maximum absolute atomic E-state index is 13.0. The Balaban J connectivity index is 1.67. The van der Waals surface area contributed by atoms with Gasteiger partial charge < -0.3 is 14.2 Å². The van der Waals surface area contributed by atoms with E-state index in [0.717, 1.165) is 12.8 Å². The lowest BCUT2D eigenvalue weighted by atomic mass is 9.74. The van der Waals surface area contributed by atoms with Crippen molar-refractivity contribution in [2.75, 3.05) is 27.1 Å². The number of hydrogen-bond acceptors (Lipinski definition) is 6. The first-order valence-electron chi connectivity index (χ1n) is 9.71. The normalized spacial score (nSPS) is 23.1. The Morgan fingerprint density at radius 3 is 2.55 bits per heavy atom. The smallest absolute Gasteiger partial charge is 0.413 e. The minimum atomic E-state index is -1.19. The second-order valence-electron chi connectivity index (χ2n) is 8.05. The van der Waals surface area contributed by atoms with Gasteiger partial charge in [0.05, 0.1) is 19.6 Å². The molecule has 7 nitrogen and oxygen atoms in total. The second-order valence-corrected chi connectivity index (χ2v) is 8.46. The molecular weight excluding hydrogens is 398 g/mol. The van der Waals surface area contributed by atoms with Gasteiger partial charge in [0.15, 0.2) is 5.78 Å². The number of likely N-dealkylation sites (N-methyl/N-ethyl adjacent to an activating group) is 1. The predicted octanol–water partition coefficient (Wildman–Crippen LogP) is 3.67. The molecule has 1 saturated carbocycles. The average Bonchev–Trinajstić information content (AvgIpc) is 2.67. The molecule has 0 bridgehead atoms. The third-order valence-corrected chi connectivity index (χ3v) is 6.02. The second kappa shape index (κ2) is 8.71. The Bertz CT molecular complexity index is 793. The SMILES string of the molecule is CN(C(=O)OCOC(=O)CC1(C)COC1)[C@@]1(c2ccccc2Cl)CCCCC1=O. The molecule has 29 heavy (non-hydrogen) atoms. The van der Waals surface area contributed by atoms with E-state index >= 15 is 0 Å². The van der Waals surface area contributed by atoms with Crippen molar-refractivity contribution in [3.05, 3.63) is 34.9 Å². The van der Waals surface area contributed by atoms with Gasteiger partial charge in [-0.1, -0.05) is 36.7 Å². The van der Waals surface area contributed by atoms with Gasteiger partial charge in [-0.25, -0.2) is 4.79 Å². The van der Waals surface area contributed by atoms with E-state index in [1.54, 1.807) is 24.3 Å². The summed E-state index contributed by atoms with van der Waals surface area (Å²) in [5.74, 6) is -0.535. The average molecular weight is 424 g/mol. The van der Waals surface area contributed by atoms with Crippen LogP contribution in [0.3, 0.4) is 0 Å². The number of hydrogen-bond donors (Lipinski definition) is 0. The van der Waals surface area contributed by atoms with Crippen LogP contribution < -0.4 is 0 Å². The largest absolute Gasteiger partial charge is 0.428 e. The zero-order valence-electron chi connectivity index (χ0n) is 16.7. The van der Waals surface area contributed by atoms with Gasteiger partial charge in [0.25, 0.3) is 0 Å². The Kier molecular flexibility index (Phi) is 6.49. The molecule has 1 aromatic rings. The Hall–Kier alpha value is -2.12.